The normalized spacial score (nSPS) is 16.5. The van der Waals surface area contributed by atoms with Crippen LogP contribution in [0.4, 0.5) is 0 Å². The number of hydrogen-bond acceptors (Lipinski definition) is 3. The van der Waals surface area contributed by atoms with E-state index in [2.05, 4.69) is 6.92 Å². The molecule has 0 spiro atoms. The molecule has 0 saturated heterocycles. The van der Waals surface area contributed by atoms with Crippen molar-refractivity contribution in [3.05, 3.63) is 35.9 Å². The van der Waals surface area contributed by atoms with Gasteiger partial charge in [0.05, 0.1) is 25.0 Å². The Morgan fingerprint density at radius 1 is 1.07 bits per heavy atom. The quantitative estimate of drug-likeness (QED) is 0.132. The zero-order valence-electron chi connectivity index (χ0n) is 17.6. The molecule has 3 atom stereocenters. The van der Waals surface area contributed by atoms with Gasteiger partial charge in [-0.05, 0) is 38.7 Å². The molecule has 1 N–H and O–H groups in total. The number of halogens is 1. The molecule has 0 aliphatic rings. The first-order valence-electron chi connectivity index (χ1n) is 10.5. The summed E-state index contributed by atoms with van der Waals surface area (Å²) in [5, 5.41) is -0.225. The molecule has 0 fully saturated rings. The fourth-order valence-corrected chi connectivity index (χ4v) is 4.70. The Morgan fingerprint density at radius 3 is 2.21 bits per heavy atom. The van der Waals surface area contributed by atoms with Crippen LogP contribution in [0, 0.1) is 0 Å². The average molecular weight is 434 g/mol. The molecule has 0 aromatic heterocycles. The third kappa shape index (κ3) is 8.94. The summed E-state index contributed by atoms with van der Waals surface area (Å²) in [5.74, 6) is 0. The van der Waals surface area contributed by atoms with E-state index in [1.165, 1.54) is 19.3 Å². The van der Waals surface area contributed by atoms with Crippen molar-refractivity contribution < 1.29 is 23.4 Å². The van der Waals surface area contributed by atoms with Gasteiger partial charge in [0, 0.05) is 6.42 Å². The van der Waals surface area contributed by atoms with E-state index in [9.17, 15) is 14.4 Å². The summed E-state index contributed by atoms with van der Waals surface area (Å²) in [5.41, 5.74) is 1.00. The Kier molecular flexibility index (Phi) is 11.9. The highest BCUT2D eigenvalue weighted by Gasteiger charge is 2.37. The third-order valence-corrected chi connectivity index (χ3v) is 6.64. The molecule has 0 aliphatic heterocycles. The van der Waals surface area contributed by atoms with Gasteiger partial charge in [0.2, 0.25) is 6.23 Å². The van der Waals surface area contributed by atoms with Gasteiger partial charge in [0.25, 0.3) is 7.82 Å². The van der Waals surface area contributed by atoms with Gasteiger partial charge in [-0.2, -0.15) is 0 Å². The average Bonchev–Trinajstić information content (AvgIpc) is 2.68. The summed E-state index contributed by atoms with van der Waals surface area (Å²) in [4.78, 5) is 21.0. The number of phosphoric ester groups is 1. The smallest absolute Gasteiger partial charge is 0.269 e. The number of hydrogen-bond donors (Lipinski definition) is 1. The number of benzene rings is 1. The number of alkyl halides is 1. The van der Waals surface area contributed by atoms with Crippen molar-refractivity contribution in [3.63, 3.8) is 0 Å². The van der Waals surface area contributed by atoms with Crippen molar-refractivity contribution >= 4 is 19.4 Å². The lowest BCUT2D eigenvalue weighted by Gasteiger charge is -2.44. The molecule has 28 heavy (non-hydrogen) atoms. The van der Waals surface area contributed by atoms with Crippen LogP contribution in [0.15, 0.2) is 30.3 Å². The van der Waals surface area contributed by atoms with E-state index in [4.69, 9.17) is 16.1 Å². The predicted molar refractivity (Wildman–Crippen MR) is 114 cm³/mol. The first-order valence-corrected chi connectivity index (χ1v) is 12.5. The minimum absolute atomic E-state index is 0.225. The second-order valence-electron chi connectivity index (χ2n) is 7.47. The largest absolute Gasteiger partial charge is 0.756 e. The monoisotopic (exact) mass is 433 g/mol. The Bertz CT molecular complexity index is 577. The summed E-state index contributed by atoms with van der Waals surface area (Å²) in [7, 11) is -4.83. The standard InChI is InChI=1S/C21H37ClNO4P/c1-4-7-8-9-13-18-23(5-2,6-3)21(27-28(24,25)26)17-16-20(22)19-14-11-10-12-15-19/h10-12,14-15,20-21H,4-9,13,16-18H2,1-3H3,(H-,24,25,26). The Hall–Kier alpha value is -0.420. The molecule has 0 aliphatic carbocycles. The van der Waals surface area contributed by atoms with Crippen LogP contribution in [0.3, 0.4) is 0 Å². The molecule has 1 aromatic rings. The summed E-state index contributed by atoms with van der Waals surface area (Å²) in [6.07, 6.45) is 6.14. The van der Waals surface area contributed by atoms with E-state index in [0.717, 1.165) is 38.0 Å². The SMILES string of the molecule is CCCCCCC[N+](CC)(CC)C(CCC(Cl)c1ccccc1)OP(=O)([O-])O. The molecule has 0 amide bonds. The lowest BCUT2D eigenvalue weighted by atomic mass is 10.1. The number of nitrogens with zero attached hydrogens (tertiary/aromatic N) is 1. The van der Waals surface area contributed by atoms with E-state index >= 15 is 0 Å². The van der Waals surface area contributed by atoms with Crippen LogP contribution in [0.25, 0.3) is 0 Å². The maximum Gasteiger partial charge on any atom is 0.269 e. The lowest BCUT2D eigenvalue weighted by Crippen LogP contribution is -2.57. The highest BCUT2D eigenvalue weighted by Crippen LogP contribution is 2.39. The Labute approximate surface area is 175 Å². The van der Waals surface area contributed by atoms with Crippen LogP contribution in [-0.2, 0) is 9.09 Å². The first kappa shape index (κ1) is 25.6. The zero-order chi connectivity index (χ0) is 21.0. The van der Waals surface area contributed by atoms with Crippen LogP contribution in [-0.4, -0.2) is 35.2 Å². The molecule has 7 heteroatoms. The van der Waals surface area contributed by atoms with Crippen molar-refractivity contribution in [1.82, 2.24) is 0 Å². The molecule has 0 saturated carbocycles. The molecular weight excluding hydrogens is 397 g/mol. The van der Waals surface area contributed by atoms with Gasteiger partial charge < -0.3 is 9.79 Å². The molecule has 1 rings (SSSR count). The van der Waals surface area contributed by atoms with Crippen molar-refractivity contribution in [3.8, 4) is 0 Å². The number of unbranched alkanes of at least 4 members (excludes halogenated alkanes) is 4. The van der Waals surface area contributed by atoms with Crippen molar-refractivity contribution in [2.75, 3.05) is 19.6 Å². The van der Waals surface area contributed by atoms with Crippen LogP contribution in [0.2, 0.25) is 0 Å². The molecule has 1 aromatic carbocycles. The molecule has 5 nitrogen and oxygen atoms in total. The second kappa shape index (κ2) is 13.0. The highest BCUT2D eigenvalue weighted by atomic mass is 35.5. The summed E-state index contributed by atoms with van der Waals surface area (Å²) >= 11 is 6.55. The number of rotatable bonds is 15. The van der Waals surface area contributed by atoms with Crippen LogP contribution < -0.4 is 4.89 Å². The molecule has 0 radical (unpaired) electrons. The first-order chi connectivity index (χ1) is 13.3. The van der Waals surface area contributed by atoms with Gasteiger partial charge in [-0.15, -0.1) is 11.6 Å². The van der Waals surface area contributed by atoms with Crippen LogP contribution in [0.5, 0.6) is 0 Å². The summed E-state index contributed by atoms with van der Waals surface area (Å²) in [6, 6.07) is 9.74. The Balaban J connectivity index is 2.86. The van der Waals surface area contributed by atoms with E-state index in [1.54, 1.807) is 0 Å². The minimum atomic E-state index is -4.83. The molecular formula is C21H37ClNO4P. The van der Waals surface area contributed by atoms with Crippen LogP contribution in [0.1, 0.15) is 76.7 Å². The van der Waals surface area contributed by atoms with Gasteiger partial charge in [-0.3, -0.25) is 13.6 Å². The predicted octanol–water partition coefficient (Wildman–Crippen LogP) is 5.38. The highest BCUT2D eigenvalue weighted by molar-refractivity contribution is 7.44. The van der Waals surface area contributed by atoms with Gasteiger partial charge in [0.1, 0.15) is 0 Å². The van der Waals surface area contributed by atoms with Crippen molar-refractivity contribution in [2.45, 2.75) is 77.3 Å². The molecule has 0 heterocycles. The molecule has 3 unspecified atom stereocenters. The van der Waals surface area contributed by atoms with Gasteiger partial charge in [-0.1, -0.05) is 56.5 Å². The maximum absolute atomic E-state index is 11.6. The Morgan fingerprint density at radius 2 is 1.68 bits per heavy atom. The fourth-order valence-electron chi connectivity index (χ4n) is 3.82. The maximum atomic E-state index is 11.6. The fraction of sp³-hybridized carbons (Fsp3) is 0.714. The van der Waals surface area contributed by atoms with Gasteiger partial charge in [0.15, 0.2) is 0 Å². The number of phosphoric acid groups is 1. The number of quaternary nitrogens is 1. The summed E-state index contributed by atoms with van der Waals surface area (Å²) in [6.45, 7) is 8.60. The van der Waals surface area contributed by atoms with Crippen molar-refractivity contribution in [1.29, 1.82) is 0 Å². The van der Waals surface area contributed by atoms with Gasteiger partial charge in [-0.25, -0.2) is 0 Å². The van der Waals surface area contributed by atoms with E-state index in [0.29, 0.717) is 17.3 Å². The molecule has 162 valence electrons. The molecule has 0 bridgehead atoms. The van der Waals surface area contributed by atoms with Crippen LogP contribution >= 0.6 is 19.4 Å². The lowest BCUT2D eigenvalue weighted by molar-refractivity contribution is -0.966. The van der Waals surface area contributed by atoms with E-state index in [1.807, 2.05) is 44.2 Å². The van der Waals surface area contributed by atoms with Crippen molar-refractivity contribution in [2.24, 2.45) is 0 Å². The van der Waals surface area contributed by atoms with E-state index in [-0.39, 0.29) is 5.38 Å². The third-order valence-electron chi connectivity index (χ3n) is 5.66. The summed E-state index contributed by atoms with van der Waals surface area (Å²) < 4.78 is 17.3. The van der Waals surface area contributed by atoms with Gasteiger partial charge >= 0.3 is 0 Å². The van der Waals surface area contributed by atoms with E-state index < -0.39 is 14.1 Å². The topological polar surface area (TPSA) is 69.6 Å². The minimum Gasteiger partial charge on any atom is -0.756 e. The second-order valence-corrected chi connectivity index (χ2v) is 9.15. The zero-order valence-corrected chi connectivity index (χ0v) is 19.2.